The van der Waals surface area contributed by atoms with Crippen LogP contribution in [0.4, 0.5) is 5.69 Å². The molecule has 4 heteroatoms. The van der Waals surface area contributed by atoms with Crippen LogP contribution in [-0.2, 0) is 9.53 Å². The van der Waals surface area contributed by atoms with Crippen LogP contribution in [0.2, 0.25) is 0 Å². The van der Waals surface area contributed by atoms with E-state index in [1.165, 1.54) is 0 Å². The zero-order chi connectivity index (χ0) is 13.0. The lowest BCUT2D eigenvalue weighted by molar-refractivity contribution is -0.122. The van der Waals surface area contributed by atoms with Gasteiger partial charge in [0, 0.05) is 11.6 Å². The molecule has 1 aromatic rings. The third-order valence-electron chi connectivity index (χ3n) is 3.14. The second-order valence-electron chi connectivity index (χ2n) is 4.41. The standard InChI is InChI=1S/C14H17NO3/c1-2-18-14(17)11-6-8-12(9-7-11)15-13(16)10-4-3-5-10/h6-10H,2-5H2,1H3,(H,15,16). The Hall–Kier alpha value is -1.84. The maximum Gasteiger partial charge on any atom is 0.338 e. The molecule has 1 aliphatic carbocycles. The average molecular weight is 247 g/mol. The van der Waals surface area contributed by atoms with Crippen LogP contribution in [0.3, 0.4) is 0 Å². The summed E-state index contributed by atoms with van der Waals surface area (Å²) < 4.78 is 4.89. The molecular weight excluding hydrogens is 230 g/mol. The minimum atomic E-state index is -0.339. The fourth-order valence-corrected chi connectivity index (χ4v) is 1.82. The third kappa shape index (κ3) is 2.88. The highest BCUT2D eigenvalue weighted by Crippen LogP contribution is 2.27. The third-order valence-corrected chi connectivity index (χ3v) is 3.14. The first-order valence-electron chi connectivity index (χ1n) is 6.28. The summed E-state index contributed by atoms with van der Waals surface area (Å²) in [6.07, 6.45) is 3.10. The quantitative estimate of drug-likeness (QED) is 0.832. The van der Waals surface area contributed by atoms with Crippen molar-refractivity contribution >= 4 is 17.6 Å². The van der Waals surface area contributed by atoms with Crippen molar-refractivity contribution in [1.82, 2.24) is 0 Å². The molecule has 1 N–H and O–H groups in total. The summed E-state index contributed by atoms with van der Waals surface area (Å²) >= 11 is 0. The van der Waals surface area contributed by atoms with E-state index in [4.69, 9.17) is 4.74 Å². The summed E-state index contributed by atoms with van der Waals surface area (Å²) in [5.74, 6) is -0.103. The number of carbonyl (C=O) groups excluding carboxylic acids is 2. The Morgan fingerprint density at radius 2 is 1.94 bits per heavy atom. The largest absolute Gasteiger partial charge is 0.462 e. The van der Waals surface area contributed by atoms with Crippen LogP contribution in [0.25, 0.3) is 0 Å². The van der Waals surface area contributed by atoms with E-state index in [1.54, 1.807) is 31.2 Å². The molecule has 0 atom stereocenters. The summed E-state index contributed by atoms with van der Waals surface area (Å²) in [5, 5.41) is 2.85. The summed E-state index contributed by atoms with van der Waals surface area (Å²) in [4.78, 5) is 23.1. The second kappa shape index (κ2) is 5.67. The molecule has 1 saturated carbocycles. The predicted molar refractivity (Wildman–Crippen MR) is 68.4 cm³/mol. The van der Waals surface area contributed by atoms with Crippen LogP contribution < -0.4 is 5.32 Å². The Morgan fingerprint density at radius 1 is 1.28 bits per heavy atom. The van der Waals surface area contributed by atoms with E-state index in [0.717, 1.165) is 24.9 Å². The number of ether oxygens (including phenoxy) is 1. The normalized spacial score (nSPS) is 14.7. The maximum atomic E-state index is 11.7. The summed E-state index contributed by atoms with van der Waals surface area (Å²) in [5.41, 5.74) is 1.22. The topological polar surface area (TPSA) is 55.4 Å². The molecule has 2 rings (SSSR count). The van der Waals surface area contributed by atoms with E-state index in [0.29, 0.717) is 12.2 Å². The average Bonchev–Trinajstić information content (AvgIpc) is 2.27. The SMILES string of the molecule is CCOC(=O)c1ccc(NC(=O)C2CCC2)cc1. The zero-order valence-electron chi connectivity index (χ0n) is 10.4. The highest BCUT2D eigenvalue weighted by molar-refractivity contribution is 5.94. The lowest BCUT2D eigenvalue weighted by Crippen LogP contribution is -2.28. The van der Waals surface area contributed by atoms with Crippen molar-refractivity contribution in [3.8, 4) is 0 Å². The van der Waals surface area contributed by atoms with Gasteiger partial charge in [-0.1, -0.05) is 6.42 Å². The van der Waals surface area contributed by atoms with Gasteiger partial charge in [0.2, 0.25) is 5.91 Å². The molecule has 4 nitrogen and oxygen atoms in total. The number of esters is 1. The predicted octanol–water partition coefficient (Wildman–Crippen LogP) is 2.60. The lowest BCUT2D eigenvalue weighted by Gasteiger charge is -2.24. The van der Waals surface area contributed by atoms with Gasteiger partial charge in [-0.05, 0) is 44.0 Å². The van der Waals surface area contributed by atoms with E-state index >= 15 is 0 Å². The van der Waals surface area contributed by atoms with Crippen LogP contribution in [0, 0.1) is 5.92 Å². The van der Waals surface area contributed by atoms with Gasteiger partial charge >= 0.3 is 5.97 Å². The van der Waals surface area contributed by atoms with Gasteiger partial charge in [-0.25, -0.2) is 4.79 Å². The van der Waals surface area contributed by atoms with Crippen LogP contribution in [0.1, 0.15) is 36.5 Å². The van der Waals surface area contributed by atoms with Gasteiger partial charge in [-0.3, -0.25) is 4.79 Å². The van der Waals surface area contributed by atoms with Gasteiger partial charge in [-0.15, -0.1) is 0 Å². The first kappa shape index (κ1) is 12.6. The Labute approximate surface area is 106 Å². The van der Waals surface area contributed by atoms with Crippen molar-refractivity contribution in [1.29, 1.82) is 0 Å². The van der Waals surface area contributed by atoms with Gasteiger partial charge in [-0.2, -0.15) is 0 Å². The molecule has 0 bridgehead atoms. The maximum absolute atomic E-state index is 11.7. The number of hydrogen-bond acceptors (Lipinski definition) is 3. The van der Waals surface area contributed by atoms with Gasteiger partial charge < -0.3 is 10.1 Å². The molecule has 1 aliphatic rings. The smallest absolute Gasteiger partial charge is 0.338 e. The fourth-order valence-electron chi connectivity index (χ4n) is 1.82. The van der Waals surface area contributed by atoms with Crippen molar-refractivity contribution in [2.24, 2.45) is 5.92 Å². The zero-order valence-corrected chi connectivity index (χ0v) is 10.4. The first-order chi connectivity index (χ1) is 8.70. The number of hydrogen-bond donors (Lipinski definition) is 1. The van der Waals surface area contributed by atoms with Gasteiger partial charge in [0.15, 0.2) is 0 Å². The molecule has 96 valence electrons. The number of benzene rings is 1. The molecule has 1 amide bonds. The molecular formula is C14H17NO3. The number of nitrogens with one attached hydrogen (secondary N) is 1. The Balaban J connectivity index is 1.94. The van der Waals surface area contributed by atoms with E-state index in [2.05, 4.69) is 5.32 Å². The van der Waals surface area contributed by atoms with E-state index < -0.39 is 0 Å². The van der Waals surface area contributed by atoms with Gasteiger partial charge in [0.05, 0.1) is 12.2 Å². The molecule has 0 heterocycles. The highest BCUT2D eigenvalue weighted by atomic mass is 16.5. The minimum absolute atomic E-state index is 0.0742. The van der Waals surface area contributed by atoms with Crippen LogP contribution in [-0.4, -0.2) is 18.5 Å². The van der Waals surface area contributed by atoms with Crippen molar-refractivity contribution < 1.29 is 14.3 Å². The summed E-state index contributed by atoms with van der Waals surface area (Å²) in [6.45, 7) is 2.13. The van der Waals surface area contributed by atoms with E-state index in [-0.39, 0.29) is 17.8 Å². The lowest BCUT2D eigenvalue weighted by atomic mass is 9.85. The minimum Gasteiger partial charge on any atom is -0.462 e. The van der Waals surface area contributed by atoms with Crippen molar-refractivity contribution in [2.45, 2.75) is 26.2 Å². The molecule has 18 heavy (non-hydrogen) atoms. The molecule has 0 saturated heterocycles. The van der Waals surface area contributed by atoms with Crippen molar-refractivity contribution in [2.75, 3.05) is 11.9 Å². The molecule has 0 radical (unpaired) electrons. The molecule has 0 aliphatic heterocycles. The molecule has 0 unspecified atom stereocenters. The van der Waals surface area contributed by atoms with Crippen LogP contribution in [0.5, 0.6) is 0 Å². The van der Waals surface area contributed by atoms with Gasteiger partial charge in [0.25, 0.3) is 0 Å². The number of anilines is 1. The van der Waals surface area contributed by atoms with E-state index in [9.17, 15) is 9.59 Å². The van der Waals surface area contributed by atoms with Crippen molar-refractivity contribution in [3.63, 3.8) is 0 Å². The number of amides is 1. The number of rotatable bonds is 4. The Morgan fingerprint density at radius 3 is 2.44 bits per heavy atom. The van der Waals surface area contributed by atoms with Gasteiger partial charge in [0.1, 0.15) is 0 Å². The van der Waals surface area contributed by atoms with Crippen LogP contribution in [0.15, 0.2) is 24.3 Å². The molecule has 1 aromatic carbocycles. The monoisotopic (exact) mass is 247 g/mol. The Kier molecular flexibility index (Phi) is 3.97. The first-order valence-corrected chi connectivity index (χ1v) is 6.28. The molecule has 0 spiro atoms. The molecule has 1 fully saturated rings. The Bertz CT molecular complexity index is 435. The highest BCUT2D eigenvalue weighted by Gasteiger charge is 2.25. The summed E-state index contributed by atoms with van der Waals surface area (Å²) in [7, 11) is 0. The summed E-state index contributed by atoms with van der Waals surface area (Å²) in [6, 6.07) is 6.77. The number of carbonyl (C=O) groups is 2. The van der Waals surface area contributed by atoms with Crippen LogP contribution >= 0.6 is 0 Å². The van der Waals surface area contributed by atoms with E-state index in [1.807, 2.05) is 0 Å². The molecule has 0 aromatic heterocycles. The second-order valence-corrected chi connectivity index (χ2v) is 4.41. The van der Waals surface area contributed by atoms with Crippen molar-refractivity contribution in [3.05, 3.63) is 29.8 Å². The fraction of sp³-hybridized carbons (Fsp3) is 0.429.